The normalized spacial score (nSPS) is 19.3. The molecule has 4 heteroatoms. The highest BCUT2D eigenvalue weighted by Gasteiger charge is 2.17. The largest absolute Gasteiger partial charge is 0.357 e. The summed E-state index contributed by atoms with van der Waals surface area (Å²) in [4.78, 5) is 12.3. The molecule has 0 aliphatic carbocycles. The van der Waals surface area contributed by atoms with Crippen LogP contribution in [0.4, 0.5) is 0 Å². The zero-order valence-corrected chi connectivity index (χ0v) is 7.70. The molecular formula is C9H15N3O. The van der Waals surface area contributed by atoms with Gasteiger partial charge in [0.15, 0.2) is 0 Å². The molecule has 1 N–H and O–H groups in total. The third-order valence-electron chi connectivity index (χ3n) is 2.43. The average Bonchev–Trinajstić information content (AvgIpc) is 2.19. The lowest BCUT2D eigenvalue weighted by molar-refractivity contribution is -0.109. The molecule has 0 spiro atoms. The van der Waals surface area contributed by atoms with Crippen molar-refractivity contribution in [2.75, 3.05) is 26.2 Å². The number of nitriles is 1. The van der Waals surface area contributed by atoms with Gasteiger partial charge in [0.2, 0.25) is 6.41 Å². The molecule has 0 aromatic carbocycles. The van der Waals surface area contributed by atoms with Crippen LogP contribution in [0, 0.1) is 17.2 Å². The second-order valence-corrected chi connectivity index (χ2v) is 3.32. The van der Waals surface area contributed by atoms with Crippen LogP contribution >= 0.6 is 0 Å². The number of carbonyl (C=O) groups excluding carboxylic acids is 1. The quantitative estimate of drug-likeness (QED) is 0.489. The lowest BCUT2D eigenvalue weighted by atomic mass is 9.99. The fourth-order valence-corrected chi connectivity index (χ4v) is 1.57. The summed E-state index contributed by atoms with van der Waals surface area (Å²) in [7, 11) is 0. The Labute approximate surface area is 78.5 Å². The third kappa shape index (κ3) is 3.43. The summed E-state index contributed by atoms with van der Waals surface area (Å²) in [5.41, 5.74) is 0. The van der Waals surface area contributed by atoms with Crippen molar-refractivity contribution in [1.82, 2.24) is 10.2 Å². The lowest BCUT2D eigenvalue weighted by Gasteiger charge is -2.28. The smallest absolute Gasteiger partial charge is 0.207 e. The number of nitrogens with zero attached hydrogens (tertiary/aromatic N) is 2. The Hall–Kier alpha value is -1.08. The van der Waals surface area contributed by atoms with Crippen molar-refractivity contribution in [1.29, 1.82) is 5.26 Å². The summed E-state index contributed by atoms with van der Waals surface area (Å²) < 4.78 is 0. The molecular weight excluding hydrogens is 166 g/mol. The van der Waals surface area contributed by atoms with Gasteiger partial charge < -0.3 is 10.2 Å². The monoisotopic (exact) mass is 181 g/mol. The molecule has 0 bridgehead atoms. The van der Waals surface area contributed by atoms with Crippen molar-refractivity contribution in [3.05, 3.63) is 0 Å². The minimum atomic E-state index is 0.246. The van der Waals surface area contributed by atoms with E-state index in [-0.39, 0.29) is 5.92 Å². The predicted molar refractivity (Wildman–Crippen MR) is 48.8 cm³/mol. The summed E-state index contributed by atoms with van der Waals surface area (Å²) in [6.45, 7) is 3.58. The molecule has 1 amide bonds. The maximum Gasteiger partial charge on any atom is 0.207 e. The van der Waals surface area contributed by atoms with Crippen molar-refractivity contribution in [3.63, 3.8) is 0 Å². The molecule has 1 aliphatic rings. The van der Waals surface area contributed by atoms with Gasteiger partial charge in [-0.25, -0.2) is 0 Å². The Bertz CT molecular complexity index is 192. The summed E-state index contributed by atoms with van der Waals surface area (Å²) in [5, 5.41) is 11.3. The van der Waals surface area contributed by atoms with E-state index in [2.05, 4.69) is 16.3 Å². The molecule has 0 aromatic rings. The van der Waals surface area contributed by atoms with E-state index in [1.807, 2.05) is 0 Å². The molecule has 1 saturated heterocycles. The van der Waals surface area contributed by atoms with Crippen LogP contribution in [-0.4, -0.2) is 37.5 Å². The highest BCUT2D eigenvalue weighted by molar-refractivity contribution is 5.45. The molecule has 72 valence electrons. The topological polar surface area (TPSA) is 56.1 Å². The standard InChI is InChI=1S/C9H15N3O/c10-7-9-1-4-12(5-2-9)6-3-11-8-13/h8-9H,1-6H2,(H,11,13). The Morgan fingerprint density at radius 3 is 2.77 bits per heavy atom. The first kappa shape index (κ1) is 10.0. The number of likely N-dealkylation sites (tertiary alicyclic amines) is 1. The van der Waals surface area contributed by atoms with Gasteiger partial charge in [0.25, 0.3) is 0 Å². The van der Waals surface area contributed by atoms with Crippen LogP contribution < -0.4 is 5.32 Å². The molecule has 0 radical (unpaired) electrons. The van der Waals surface area contributed by atoms with E-state index < -0.39 is 0 Å². The van der Waals surface area contributed by atoms with Crippen LogP contribution in [-0.2, 0) is 4.79 Å². The summed E-state index contributed by atoms with van der Waals surface area (Å²) in [6.07, 6.45) is 2.66. The van der Waals surface area contributed by atoms with Crippen molar-refractivity contribution < 1.29 is 4.79 Å². The zero-order valence-electron chi connectivity index (χ0n) is 7.70. The number of hydrogen-bond donors (Lipinski definition) is 1. The van der Waals surface area contributed by atoms with Crippen LogP contribution in [0.15, 0.2) is 0 Å². The van der Waals surface area contributed by atoms with Gasteiger partial charge in [-0.1, -0.05) is 0 Å². The predicted octanol–water partition coefficient (Wildman–Crippen LogP) is -0.0320. The van der Waals surface area contributed by atoms with Gasteiger partial charge >= 0.3 is 0 Å². The Balaban J connectivity index is 2.11. The number of amides is 1. The van der Waals surface area contributed by atoms with Gasteiger partial charge in [-0.15, -0.1) is 0 Å². The molecule has 0 saturated carbocycles. The van der Waals surface area contributed by atoms with Gasteiger partial charge in [-0.05, 0) is 25.9 Å². The first-order valence-electron chi connectivity index (χ1n) is 4.66. The fraction of sp³-hybridized carbons (Fsp3) is 0.778. The zero-order chi connectivity index (χ0) is 9.52. The third-order valence-corrected chi connectivity index (χ3v) is 2.43. The maximum atomic E-state index is 9.97. The van der Waals surface area contributed by atoms with E-state index in [1.165, 1.54) is 0 Å². The van der Waals surface area contributed by atoms with E-state index >= 15 is 0 Å². The highest BCUT2D eigenvalue weighted by atomic mass is 16.1. The molecule has 0 atom stereocenters. The van der Waals surface area contributed by atoms with Gasteiger partial charge in [0.1, 0.15) is 0 Å². The Morgan fingerprint density at radius 2 is 2.23 bits per heavy atom. The van der Waals surface area contributed by atoms with E-state index in [4.69, 9.17) is 5.26 Å². The van der Waals surface area contributed by atoms with Gasteiger partial charge in [-0.2, -0.15) is 5.26 Å². The Morgan fingerprint density at radius 1 is 1.54 bits per heavy atom. The molecule has 0 aromatic heterocycles. The van der Waals surface area contributed by atoms with Crippen molar-refractivity contribution in [2.45, 2.75) is 12.8 Å². The van der Waals surface area contributed by atoms with E-state index in [1.54, 1.807) is 0 Å². The molecule has 4 nitrogen and oxygen atoms in total. The van der Waals surface area contributed by atoms with Crippen molar-refractivity contribution >= 4 is 6.41 Å². The molecule has 1 fully saturated rings. The molecule has 13 heavy (non-hydrogen) atoms. The van der Waals surface area contributed by atoms with Gasteiger partial charge in [-0.3, -0.25) is 4.79 Å². The lowest BCUT2D eigenvalue weighted by Crippen LogP contribution is -2.37. The number of nitrogens with one attached hydrogen (secondary N) is 1. The van der Waals surface area contributed by atoms with Gasteiger partial charge in [0.05, 0.1) is 6.07 Å². The van der Waals surface area contributed by atoms with E-state index in [9.17, 15) is 4.79 Å². The van der Waals surface area contributed by atoms with E-state index in [0.29, 0.717) is 6.54 Å². The fourth-order valence-electron chi connectivity index (χ4n) is 1.57. The summed E-state index contributed by atoms with van der Waals surface area (Å²) >= 11 is 0. The minimum absolute atomic E-state index is 0.246. The maximum absolute atomic E-state index is 9.97. The number of hydrogen-bond acceptors (Lipinski definition) is 3. The molecule has 1 heterocycles. The number of piperidine rings is 1. The number of carbonyl (C=O) groups is 1. The molecule has 0 unspecified atom stereocenters. The van der Waals surface area contributed by atoms with Crippen LogP contribution in [0.5, 0.6) is 0 Å². The summed E-state index contributed by atoms with van der Waals surface area (Å²) in [5.74, 6) is 0.246. The van der Waals surface area contributed by atoms with Crippen molar-refractivity contribution in [3.8, 4) is 6.07 Å². The van der Waals surface area contributed by atoms with Crippen molar-refractivity contribution in [2.24, 2.45) is 5.92 Å². The number of rotatable bonds is 4. The minimum Gasteiger partial charge on any atom is -0.357 e. The highest BCUT2D eigenvalue weighted by Crippen LogP contribution is 2.14. The summed E-state index contributed by atoms with van der Waals surface area (Å²) in [6, 6.07) is 2.29. The molecule has 1 aliphatic heterocycles. The van der Waals surface area contributed by atoms with Crippen LogP contribution in [0.2, 0.25) is 0 Å². The second-order valence-electron chi connectivity index (χ2n) is 3.32. The van der Waals surface area contributed by atoms with Crippen LogP contribution in [0.3, 0.4) is 0 Å². The van der Waals surface area contributed by atoms with Crippen LogP contribution in [0.1, 0.15) is 12.8 Å². The average molecular weight is 181 g/mol. The van der Waals surface area contributed by atoms with Gasteiger partial charge in [0, 0.05) is 19.0 Å². The first-order valence-corrected chi connectivity index (χ1v) is 4.66. The van der Waals surface area contributed by atoms with E-state index in [0.717, 1.165) is 38.9 Å². The second kappa shape index (κ2) is 5.55. The van der Waals surface area contributed by atoms with Crippen LogP contribution in [0.25, 0.3) is 0 Å². The SMILES string of the molecule is N#CC1CCN(CCNC=O)CC1. The molecule has 1 rings (SSSR count). The first-order chi connectivity index (χ1) is 6.36. The Kier molecular flexibility index (Phi) is 4.27.